The molecule has 0 spiro atoms. The maximum atomic E-state index is 11.0. The number of rotatable bonds is 15. The molecule has 6 heteroatoms. The molecule has 24 heavy (non-hydrogen) atoms. The number of hydrogen-bond donors (Lipinski definition) is 2. The summed E-state index contributed by atoms with van der Waals surface area (Å²) in [6.07, 6.45) is 12.2. The van der Waals surface area contributed by atoms with Crippen molar-refractivity contribution in [2.45, 2.75) is 71.1 Å². The Balaban J connectivity index is 3.35. The second kappa shape index (κ2) is 14.7. The van der Waals surface area contributed by atoms with E-state index >= 15 is 0 Å². The van der Waals surface area contributed by atoms with Crippen molar-refractivity contribution in [1.82, 2.24) is 0 Å². The first-order chi connectivity index (χ1) is 11.5. The van der Waals surface area contributed by atoms with Crippen LogP contribution in [-0.4, -0.2) is 34.7 Å². The minimum absolute atomic E-state index is 0.205. The van der Waals surface area contributed by atoms with Crippen LogP contribution >= 0.6 is 0 Å². The average molecular weight is 342 g/mol. The van der Waals surface area contributed by atoms with Gasteiger partial charge in [0.05, 0.1) is 6.61 Å². The molecule has 0 radical (unpaired) electrons. The predicted octanol–water partition coefficient (Wildman–Crippen LogP) is 3.79. The van der Waals surface area contributed by atoms with E-state index in [1.807, 2.05) is 0 Å². The van der Waals surface area contributed by atoms with Crippen LogP contribution in [0.3, 0.4) is 0 Å². The van der Waals surface area contributed by atoms with E-state index in [1.165, 1.54) is 6.08 Å². The lowest BCUT2D eigenvalue weighted by atomic mass is 10.00. The van der Waals surface area contributed by atoms with Gasteiger partial charge >= 0.3 is 17.9 Å². The van der Waals surface area contributed by atoms with E-state index in [0.29, 0.717) is 13.0 Å². The van der Waals surface area contributed by atoms with Crippen molar-refractivity contribution in [3.05, 3.63) is 12.2 Å². The standard InChI is InChI=1S/C18H30O6/c1-2-12-16(19)24-14-11-9-7-5-3-4-6-8-10-13-15(17(20)21)18(22)23/h2,12,15H,3-11,13-14H2,1H3,(H,20,21)(H,22,23). The second-order valence-corrected chi connectivity index (χ2v) is 5.87. The molecule has 0 aromatic rings. The summed E-state index contributed by atoms with van der Waals surface area (Å²) in [7, 11) is 0. The van der Waals surface area contributed by atoms with Crippen molar-refractivity contribution in [2.75, 3.05) is 6.61 Å². The van der Waals surface area contributed by atoms with Gasteiger partial charge < -0.3 is 14.9 Å². The van der Waals surface area contributed by atoms with Crippen molar-refractivity contribution in [3.8, 4) is 0 Å². The molecule has 0 bridgehead atoms. The zero-order chi connectivity index (χ0) is 18.2. The number of allylic oxidation sites excluding steroid dienone is 1. The molecule has 0 aliphatic heterocycles. The summed E-state index contributed by atoms with van der Waals surface area (Å²) in [6.45, 7) is 2.25. The SMILES string of the molecule is CC=CC(=O)OCCCCCCCCCCCC(C(=O)O)C(=O)O. The molecule has 0 aromatic heterocycles. The summed E-state index contributed by atoms with van der Waals surface area (Å²) < 4.78 is 5.00. The van der Waals surface area contributed by atoms with E-state index < -0.39 is 17.9 Å². The van der Waals surface area contributed by atoms with Crippen LogP contribution < -0.4 is 0 Å². The summed E-state index contributed by atoms with van der Waals surface area (Å²) in [6, 6.07) is 0. The Hall–Kier alpha value is -1.85. The Morgan fingerprint density at radius 3 is 1.75 bits per heavy atom. The number of esters is 1. The molecule has 0 saturated heterocycles. The fourth-order valence-corrected chi connectivity index (χ4v) is 2.40. The number of carbonyl (C=O) groups is 3. The lowest BCUT2D eigenvalue weighted by Gasteiger charge is -2.07. The van der Waals surface area contributed by atoms with Crippen molar-refractivity contribution in [1.29, 1.82) is 0 Å². The monoisotopic (exact) mass is 342 g/mol. The highest BCUT2D eigenvalue weighted by Gasteiger charge is 2.24. The predicted molar refractivity (Wildman–Crippen MR) is 90.7 cm³/mol. The van der Waals surface area contributed by atoms with Crippen molar-refractivity contribution in [2.24, 2.45) is 5.92 Å². The van der Waals surface area contributed by atoms with E-state index in [0.717, 1.165) is 51.4 Å². The van der Waals surface area contributed by atoms with Crippen molar-refractivity contribution in [3.63, 3.8) is 0 Å². The second-order valence-electron chi connectivity index (χ2n) is 5.87. The first kappa shape index (κ1) is 22.1. The lowest BCUT2D eigenvalue weighted by Crippen LogP contribution is -2.23. The fourth-order valence-electron chi connectivity index (χ4n) is 2.40. The van der Waals surface area contributed by atoms with Crippen molar-refractivity contribution < 1.29 is 29.3 Å². The number of carboxylic acids is 2. The van der Waals surface area contributed by atoms with Crippen LogP contribution in [-0.2, 0) is 19.1 Å². The Morgan fingerprint density at radius 1 is 0.833 bits per heavy atom. The number of carboxylic acid groups (broad SMARTS) is 2. The largest absolute Gasteiger partial charge is 0.481 e. The molecule has 0 fully saturated rings. The van der Waals surface area contributed by atoms with E-state index in [9.17, 15) is 14.4 Å². The van der Waals surface area contributed by atoms with Gasteiger partial charge in [0.1, 0.15) is 0 Å². The van der Waals surface area contributed by atoms with E-state index in [2.05, 4.69) is 0 Å². The highest BCUT2D eigenvalue weighted by Crippen LogP contribution is 2.14. The molecular formula is C18H30O6. The number of carbonyl (C=O) groups excluding carboxylic acids is 1. The minimum atomic E-state index is -1.27. The summed E-state index contributed by atoms with van der Waals surface area (Å²) >= 11 is 0. The van der Waals surface area contributed by atoms with Gasteiger partial charge in [-0.3, -0.25) is 9.59 Å². The summed E-state index contributed by atoms with van der Waals surface area (Å²) in [5.74, 6) is -4.06. The van der Waals surface area contributed by atoms with Gasteiger partial charge in [0.2, 0.25) is 0 Å². The first-order valence-electron chi connectivity index (χ1n) is 8.74. The molecule has 2 N–H and O–H groups in total. The Morgan fingerprint density at radius 2 is 1.29 bits per heavy atom. The van der Waals surface area contributed by atoms with Crippen LogP contribution in [0.5, 0.6) is 0 Å². The topological polar surface area (TPSA) is 101 Å². The van der Waals surface area contributed by atoms with E-state index in [1.54, 1.807) is 13.0 Å². The zero-order valence-electron chi connectivity index (χ0n) is 14.5. The third kappa shape index (κ3) is 12.7. The highest BCUT2D eigenvalue weighted by atomic mass is 16.5. The maximum absolute atomic E-state index is 11.0. The molecule has 0 aromatic carbocycles. The molecule has 0 unspecified atom stereocenters. The first-order valence-corrected chi connectivity index (χ1v) is 8.74. The van der Waals surface area contributed by atoms with Gasteiger partial charge in [-0.1, -0.05) is 57.4 Å². The number of aliphatic carboxylic acids is 2. The van der Waals surface area contributed by atoms with Gasteiger partial charge in [-0.25, -0.2) is 4.79 Å². The number of unbranched alkanes of at least 4 members (excludes halogenated alkanes) is 8. The smallest absolute Gasteiger partial charge is 0.330 e. The summed E-state index contributed by atoms with van der Waals surface area (Å²) in [5.41, 5.74) is 0. The van der Waals surface area contributed by atoms with Gasteiger partial charge in [-0.05, 0) is 19.8 Å². The number of hydrogen-bond acceptors (Lipinski definition) is 4. The zero-order valence-corrected chi connectivity index (χ0v) is 14.5. The minimum Gasteiger partial charge on any atom is -0.481 e. The molecule has 0 rings (SSSR count). The molecule has 0 amide bonds. The Kier molecular flexibility index (Phi) is 13.6. The average Bonchev–Trinajstić information content (AvgIpc) is 2.51. The third-order valence-electron chi connectivity index (χ3n) is 3.78. The third-order valence-corrected chi connectivity index (χ3v) is 3.78. The van der Waals surface area contributed by atoms with E-state index in [4.69, 9.17) is 14.9 Å². The Labute approximate surface area is 143 Å². The van der Waals surface area contributed by atoms with Crippen LogP contribution in [0.2, 0.25) is 0 Å². The van der Waals surface area contributed by atoms with Gasteiger partial charge in [0.15, 0.2) is 5.92 Å². The molecule has 0 atom stereocenters. The van der Waals surface area contributed by atoms with Crippen molar-refractivity contribution >= 4 is 17.9 Å². The Bertz CT molecular complexity index is 388. The molecule has 0 saturated carbocycles. The molecule has 138 valence electrons. The van der Waals surface area contributed by atoms with Crippen LogP contribution in [0.4, 0.5) is 0 Å². The quantitative estimate of drug-likeness (QED) is 0.203. The highest BCUT2D eigenvalue weighted by molar-refractivity contribution is 5.92. The normalized spacial score (nSPS) is 11.1. The van der Waals surface area contributed by atoms with Crippen LogP contribution in [0.25, 0.3) is 0 Å². The molecule has 6 nitrogen and oxygen atoms in total. The fraction of sp³-hybridized carbons (Fsp3) is 0.722. The summed E-state index contributed by atoms with van der Waals surface area (Å²) in [4.78, 5) is 32.5. The number of ether oxygens (including phenoxy) is 1. The van der Waals surface area contributed by atoms with Crippen LogP contribution in [0, 0.1) is 5.92 Å². The van der Waals surface area contributed by atoms with Crippen LogP contribution in [0.1, 0.15) is 71.1 Å². The maximum Gasteiger partial charge on any atom is 0.330 e. The molecule has 0 heterocycles. The van der Waals surface area contributed by atoms with Gasteiger partial charge in [-0.2, -0.15) is 0 Å². The molecule has 0 aliphatic carbocycles. The molecular weight excluding hydrogens is 312 g/mol. The van der Waals surface area contributed by atoms with E-state index in [-0.39, 0.29) is 12.4 Å². The molecule has 0 aliphatic rings. The van der Waals surface area contributed by atoms with Gasteiger partial charge in [0.25, 0.3) is 0 Å². The summed E-state index contributed by atoms with van der Waals surface area (Å²) in [5, 5.41) is 17.5. The van der Waals surface area contributed by atoms with Gasteiger partial charge in [-0.15, -0.1) is 0 Å². The van der Waals surface area contributed by atoms with Gasteiger partial charge in [0, 0.05) is 6.08 Å². The lowest BCUT2D eigenvalue weighted by molar-refractivity contribution is -0.154. The van der Waals surface area contributed by atoms with Crippen LogP contribution in [0.15, 0.2) is 12.2 Å².